The zero-order chi connectivity index (χ0) is 22.9. The molecule has 2 aromatic rings. The van der Waals surface area contributed by atoms with Crippen LogP contribution in [0.4, 0.5) is 32.6 Å². The van der Waals surface area contributed by atoms with Crippen molar-refractivity contribution in [3.8, 4) is 5.75 Å². The van der Waals surface area contributed by atoms with E-state index in [9.17, 15) is 37.4 Å². The molecule has 0 saturated heterocycles. The molecule has 13 heteroatoms. The van der Waals surface area contributed by atoms with E-state index in [1.54, 1.807) is 0 Å². The predicted molar refractivity (Wildman–Crippen MR) is 93.9 cm³/mol. The van der Waals surface area contributed by atoms with Gasteiger partial charge < -0.3 is 10.1 Å². The summed E-state index contributed by atoms with van der Waals surface area (Å²) in [6, 6.07) is 3.88. The van der Waals surface area contributed by atoms with Crippen molar-refractivity contribution in [1.29, 1.82) is 0 Å². The molecule has 0 spiro atoms. The average molecular weight is 464 g/mol. The lowest BCUT2D eigenvalue weighted by Crippen LogP contribution is -2.28. The summed E-state index contributed by atoms with van der Waals surface area (Å²) in [4.78, 5) is 13.9. The third-order valence-corrected chi connectivity index (χ3v) is 4.88. The molecular weight excluding hydrogens is 448 g/mol. The fraction of sp³-hybridized carbons (Fsp3) is 0.294. The Labute approximate surface area is 166 Å². The van der Waals surface area contributed by atoms with Gasteiger partial charge in [-0.15, -0.1) is 0 Å². The van der Waals surface area contributed by atoms with Gasteiger partial charge in [-0.1, -0.05) is 31.6 Å². The zero-order valence-electron chi connectivity index (χ0n) is 15.2. The van der Waals surface area contributed by atoms with E-state index < -0.39 is 39.9 Å². The SMILES string of the molecule is C[C@@H](NC(=O)Cc1ccc(S(F)(F)(F)(F)F)cc1)c1ccc(OCC(F)(F)F)cn1. The van der Waals surface area contributed by atoms with Crippen LogP contribution < -0.4 is 10.1 Å². The summed E-state index contributed by atoms with van der Waals surface area (Å²) >= 11 is 0. The lowest BCUT2D eigenvalue weighted by Gasteiger charge is -2.40. The summed E-state index contributed by atoms with van der Waals surface area (Å²) in [5.41, 5.74) is 0.369. The third kappa shape index (κ3) is 7.35. The number of alkyl halides is 3. The number of nitrogens with one attached hydrogen (secondary N) is 1. The number of carbonyl (C=O) groups excluding carboxylic acids is 1. The van der Waals surface area contributed by atoms with Gasteiger partial charge in [-0.2, -0.15) is 13.2 Å². The van der Waals surface area contributed by atoms with E-state index in [0.29, 0.717) is 5.69 Å². The average Bonchev–Trinajstić information content (AvgIpc) is 2.58. The second kappa shape index (κ2) is 7.29. The van der Waals surface area contributed by atoms with Crippen molar-refractivity contribution >= 4 is 16.1 Å². The summed E-state index contributed by atoms with van der Waals surface area (Å²) in [6.45, 7) is 0.0365. The number of benzene rings is 1. The first-order valence-corrected chi connectivity index (χ1v) is 10.2. The van der Waals surface area contributed by atoms with Crippen LogP contribution in [0.2, 0.25) is 0 Å². The molecule has 1 amide bonds. The second-order valence-electron chi connectivity index (χ2n) is 6.40. The van der Waals surface area contributed by atoms with Crippen LogP contribution in [0.3, 0.4) is 0 Å². The molecule has 4 nitrogen and oxygen atoms in total. The van der Waals surface area contributed by atoms with Gasteiger partial charge in [-0.05, 0) is 36.8 Å². The Morgan fingerprint density at radius 3 is 2.13 bits per heavy atom. The number of carbonyl (C=O) groups is 1. The first kappa shape index (κ1) is 23.7. The highest BCUT2D eigenvalue weighted by Gasteiger charge is 2.65. The van der Waals surface area contributed by atoms with Crippen LogP contribution in [0, 0.1) is 0 Å². The molecule has 0 saturated carbocycles. The van der Waals surface area contributed by atoms with E-state index in [4.69, 9.17) is 0 Å². The van der Waals surface area contributed by atoms with Gasteiger partial charge in [-0.25, -0.2) is 0 Å². The fourth-order valence-electron chi connectivity index (χ4n) is 2.31. The summed E-state index contributed by atoms with van der Waals surface area (Å²) in [6.07, 6.45) is -3.84. The lowest BCUT2D eigenvalue weighted by molar-refractivity contribution is -0.153. The van der Waals surface area contributed by atoms with Gasteiger partial charge in [0.25, 0.3) is 0 Å². The Kier molecular flexibility index (Phi) is 5.76. The molecule has 0 fully saturated rings. The van der Waals surface area contributed by atoms with Crippen molar-refractivity contribution in [1.82, 2.24) is 10.3 Å². The summed E-state index contributed by atoms with van der Waals surface area (Å²) < 4.78 is 104. The van der Waals surface area contributed by atoms with Crippen LogP contribution in [0.25, 0.3) is 0 Å². The van der Waals surface area contributed by atoms with E-state index in [-0.39, 0.29) is 29.9 Å². The number of halogens is 8. The molecule has 0 aliphatic carbocycles. The topological polar surface area (TPSA) is 51.2 Å². The van der Waals surface area contributed by atoms with Gasteiger partial charge in [0, 0.05) is 0 Å². The molecular formula is C17H16F8N2O2S. The molecule has 2 rings (SSSR count). The Morgan fingerprint density at radius 1 is 1.07 bits per heavy atom. The normalized spacial score (nSPS) is 15.6. The van der Waals surface area contributed by atoms with E-state index in [1.807, 2.05) is 0 Å². The van der Waals surface area contributed by atoms with Gasteiger partial charge in [0.15, 0.2) is 6.61 Å². The first-order valence-electron chi connectivity index (χ1n) is 8.21. The number of hydrogen-bond acceptors (Lipinski definition) is 3. The van der Waals surface area contributed by atoms with E-state index in [0.717, 1.165) is 18.3 Å². The first-order chi connectivity index (χ1) is 13.4. The molecule has 1 heterocycles. The van der Waals surface area contributed by atoms with Crippen molar-refractivity contribution in [3.63, 3.8) is 0 Å². The smallest absolute Gasteiger partial charge is 0.422 e. The van der Waals surface area contributed by atoms with E-state index >= 15 is 0 Å². The number of amides is 1. The van der Waals surface area contributed by atoms with Gasteiger partial charge >= 0.3 is 16.4 Å². The fourth-order valence-corrected chi connectivity index (χ4v) is 2.97. The molecule has 1 aromatic carbocycles. The number of nitrogens with zero attached hydrogens (tertiary/aromatic N) is 1. The summed E-state index contributed by atoms with van der Waals surface area (Å²) in [7, 11) is -9.78. The molecule has 0 aliphatic rings. The Bertz CT molecular complexity index is 897. The highest BCUT2D eigenvalue weighted by atomic mass is 32.5. The second-order valence-corrected chi connectivity index (χ2v) is 8.81. The van der Waals surface area contributed by atoms with Crippen molar-refractivity contribution in [2.75, 3.05) is 6.61 Å². The molecule has 1 N–H and O–H groups in total. The summed E-state index contributed by atoms with van der Waals surface area (Å²) in [5, 5.41) is 2.49. The number of rotatable bonds is 7. The third-order valence-electron chi connectivity index (χ3n) is 3.72. The maximum absolute atomic E-state index is 12.7. The highest BCUT2D eigenvalue weighted by molar-refractivity contribution is 8.45. The largest absolute Gasteiger partial charge is 0.483 e. The minimum absolute atomic E-state index is 0.0779. The number of ether oxygens (including phenoxy) is 1. The van der Waals surface area contributed by atoms with Gasteiger partial charge in [0.05, 0.1) is 24.4 Å². The molecule has 0 unspecified atom stereocenters. The van der Waals surface area contributed by atoms with Crippen molar-refractivity contribution in [2.45, 2.75) is 30.5 Å². The minimum atomic E-state index is -9.78. The van der Waals surface area contributed by atoms with Crippen molar-refractivity contribution < 1.29 is 42.1 Å². The van der Waals surface area contributed by atoms with E-state index in [2.05, 4.69) is 15.0 Å². The predicted octanol–water partition coefficient (Wildman–Crippen LogP) is 6.10. The van der Waals surface area contributed by atoms with Gasteiger partial charge in [0.2, 0.25) is 5.91 Å². The van der Waals surface area contributed by atoms with Crippen LogP contribution in [0.15, 0.2) is 47.5 Å². The minimum Gasteiger partial charge on any atom is -0.483 e. The van der Waals surface area contributed by atoms with Gasteiger partial charge in [0.1, 0.15) is 10.6 Å². The Hall–Kier alpha value is -2.57. The van der Waals surface area contributed by atoms with Crippen LogP contribution in [0.5, 0.6) is 5.75 Å². The van der Waals surface area contributed by atoms with Crippen LogP contribution >= 0.6 is 10.2 Å². The van der Waals surface area contributed by atoms with Crippen molar-refractivity contribution in [2.24, 2.45) is 0 Å². The number of pyridine rings is 1. The molecule has 168 valence electrons. The zero-order valence-corrected chi connectivity index (χ0v) is 16.0. The Balaban J connectivity index is 1.95. The molecule has 0 aliphatic heterocycles. The molecule has 1 aromatic heterocycles. The van der Waals surface area contributed by atoms with Crippen LogP contribution in [-0.4, -0.2) is 23.7 Å². The standard InChI is InChI=1S/C17H16F8N2O2S/c1-11(15-7-4-13(9-26-15)29-10-17(18,19)20)27-16(28)8-12-2-5-14(6-3-12)30(21,22,23,24)25/h2-7,9,11H,8,10H2,1H3,(H,27,28)/t11-/m1/s1. The summed E-state index contributed by atoms with van der Waals surface area (Å²) in [5.74, 6) is -0.750. The van der Waals surface area contributed by atoms with Crippen molar-refractivity contribution in [3.05, 3.63) is 53.9 Å². The van der Waals surface area contributed by atoms with Crippen LogP contribution in [-0.2, 0) is 11.2 Å². The quantitative estimate of drug-likeness (QED) is 0.504. The monoisotopic (exact) mass is 464 g/mol. The Morgan fingerprint density at radius 2 is 1.67 bits per heavy atom. The maximum atomic E-state index is 12.7. The molecule has 0 bridgehead atoms. The highest BCUT2D eigenvalue weighted by Crippen LogP contribution is 3.02. The molecule has 30 heavy (non-hydrogen) atoms. The van der Waals surface area contributed by atoms with Crippen LogP contribution in [0.1, 0.15) is 24.2 Å². The number of aromatic nitrogens is 1. The van der Waals surface area contributed by atoms with E-state index in [1.165, 1.54) is 19.1 Å². The molecule has 1 atom stereocenters. The maximum Gasteiger partial charge on any atom is 0.422 e. The lowest BCUT2D eigenvalue weighted by atomic mass is 10.1. The number of hydrogen-bond donors (Lipinski definition) is 1. The van der Waals surface area contributed by atoms with Gasteiger partial charge in [-0.3, -0.25) is 9.78 Å². The molecule has 0 radical (unpaired) electrons.